The van der Waals surface area contributed by atoms with E-state index in [1.807, 2.05) is 42.5 Å². The maximum absolute atomic E-state index is 13.4. The van der Waals surface area contributed by atoms with Crippen LogP contribution in [-0.2, 0) is 0 Å². The normalized spacial score (nSPS) is 15.2. The molecule has 6 heteroatoms. The van der Waals surface area contributed by atoms with Gasteiger partial charge in [0.05, 0.1) is 22.8 Å². The number of pyridine rings is 2. The van der Waals surface area contributed by atoms with Crippen LogP contribution in [0.3, 0.4) is 0 Å². The van der Waals surface area contributed by atoms with E-state index in [9.17, 15) is 4.79 Å². The van der Waals surface area contributed by atoms with Gasteiger partial charge in [-0.3, -0.25) is 14.7 Å². The summed E-state index contributed by atoms with van der Waals surface area (Å²) in [6, 6.07) is 18.0. The van der Waals surface area contributed by atoms with Crippen molar-refractivity contribution in [3.8, 4) is 11.3 Å². The van der Waals surface area contributed by atoms with Crippen molar-refractivity contribution in [1.82, 2.24) is 20.2 Å². The standard InChI is InChI=1S/C25H24N4OS/c30-25(27-17-23(24-8-5-15-31-24)29-13-3-4-14-29)20-16-22(18-9-11-26-12-10-18)28-21-7-2-1-6-19(20)21/h1-2,5-12,15-16,23H,3-4,13-14,17H2,(H,27,30). The highest BCUT2D eigenvalue weighted by Crippen LogP contribution is 2.29. The summed E-state index contributed by atoms with van der Waals surface area (Å²) in [7, 11) is 0. The van der Waals surface area contributed by atoms with Crippen LogP contribution >= 0.6 is 11.3 Å². The molecule has 1 fully saturated rings. The summed E-state index contributed by atoms with van der Waals surface area (Å²) in [6.45, 7) is 2.77. The van der Waals surface area contributed by atoms with Crippen molar-refractivity contribution < 1.29 is 4.79 Å². The van der Waals surface area contributed by atoms with E-state index in [1.54, 1.807) is 23.7 Å². The first-order chi connectivity index (χ1) is 15.3. The van der Waals surface area contributed by atoms with E-state index in [1.165, 1.54) is 17.7 Å². The minimum absolute atomic E-state index is 0.0605. The molecule has 1 atom stereocenters. The van der Waals surface area contributed by atoms with Crippen LogP contribution in [0.1, 0.15) is 34.1 Å². The number of thiophene rings is 1. The summed E-state index contributed by atoms with van der Waals surface area (Å²) in [5.41, 5.74) is 3.20. The number of rotatable bonds is 6. The predicted octanol–water partition coefficient (Wildman–Crippen LogP) is 4.93. The zero-order valence-electron chi connectivity index (χ0n) is 17.2. The second-order valence-electron chi connectivity index (χ2n) is 7.79. The van der Waals surface area contributed by atoms with Crippen molar-refractivity contribution in [2.75, 3.05) is 19.6 Å². The topological polar surface area (TPSA) is 58.1 Å². The lowest BCUT2D eigenvalue weighted by molar-refractivity contribution is 0.0940. The zero-order chi connectivity index (χ0) is 21.0. The smallest absolute Gasteiger partial charge is 0.252 e. The maximum Gasteiger partial charge on any atom is 0.252 e. The average Bonchev–Trinajstić information content (AvgIpc) is 3.54. The summed E-state index contributed by atoms with van der Waals surface area (Å²) in [6.07, 6.45) is 5.93. The van der Waals surface area contributed by atoms with Crippen molar-refractivity contribution in [1.29, 1.82) is 0 Å². The first-order valence-corrected chi connectivity index (χ1v) is 11.5. The van der Waals surface area contributed by atoms with E-state index in [-0.39, 0.29) is 11.9 Å². The SMILES string of the molecule is O=C(NCC(c1cccs1)N1CCCC1)c1cc(-c2ccncc2)nc2ccccc12. The van der Waals surface area contributed by atoms with Crippen molar-refractivity contribution in [3.05, 3.63) is 82.8 Å². The third-order valence-corrected chi connectivity index (χ3v) is 6.82. The fourth-order valence-electron chi connectivity index (χ4n) is 4.26. The Balaban J connectivity index is 1.45. The van der Waals surface area contributed by atoms with Crippen LogP contribution in [0, 0.1) is 0 Å². The highest BCUT2D eigenvalue weighted by molar-refractivity contribution is 7.10. The van der Waals surface area contributed by atoms with Crippen LogP contribution in [-0.4, -0.2) is 40.4 Å². The number of aromatic nitrogens is 2. The quantitative estimate of drug-likeness (QED) is 0.473. The Morgan fingerprint density at radius 1 is 1.06 bits per heavy atom. The summed E-state index contributed by atoms with van der Waals surface area (Å²) in [4.78, 5) is 26.0. The zero-order valence-corrected chi connectivity index (χ0v) is 18.0. The van der Waals surface area contributed by atoms with E-state index in [2.05, 4.69) is 32.7 Å². The molecule has 0 radical (unpaired) electrons. The Kier molecular flexibility index (Phi) is 5.74. The van der Waals surface area contributed by atoms with Crippen LogP contribution in [0.25, 0.3) is 22.2 Å². The van der Waals surface area contributed by atoms with Gasteiger partial charge in [0, 0.05) is 34.8 Å². The molecule has 1 unspecified atom stereocenters. The Morgan fingerprint density at radius 3 is 2.65 bits per heavy atom. The number of benzene rings is 1. The van der Waals surface area contributed by atoms with Gasteiger partial charge >= 0.3 is 0 Å². The minimum Gasteiger partial charge on any atom is -0.350 e. The van der Waals surface area contributed by atoms with Crippen LogP contribution in [0.15, 0.2) is 72.4 Å². The van der Waals surface area contributed by atoms with E-state index in [4.69, 9.17) is 4.98 Å². The maximum atomic E-state index is 13.4. The molecule has 3 aromatic heterocycles. The van der Waals surface area contributed by atoms with Gasteiger partial charge in [0.2, 0.25) is 0 Å². The first-order valence-electron chi connectivity index (χ1n) is 10.7. The van der Waals surface area contributed by atoms with E-state index >= 15 is 0 Å². The van der Waals surface area contributed by atoms with Gasteiger partial charge in [-0.15, -0.1) is 11.3 Å². The summed E-state index contributed by atoms with van der Waals surface area (Å²) in [5.74, 6) is -0.0605. The number of nitrogens with one attached hydrogen (secondary N) is 1. The highest BCUT2D eigenvalue weighted by atomic mass is 32.1. The van der Waals surface area contributed by atoms with Gasteiger partial charge in [0.15, 0.2) is 0 Å². The monoisotopic (exact) mass is 428 g/mol. The van der Waals surface area contributed by atoms with Gasteiger partial charge in [0.25, 0.3) is 5.91 Å². The third-order valence-electron chi connectivity index (χ3n) is 5.85. The van der Waals surface area contributed by atoms with Gasteiger partial charge < -0.3 is 5.32 Å². The molecule has 1 aliphatic rings. The largest absolute Gasteiger partial charge is 0.350 e. The van der Waals surface area contributed by atoms with Crippen LogP contribution in [0.4, 0.5) is 0 Å². The van der Waals surface area contributed by atoms with Crippen molar-refractivity contribution in [3.63, 3.8) is 0 Å². The number of nitrogens with zero attached hydrogens (tertiary/aromatic N) is 3. The molecule has 5 rings (SSSR count). The Morgan fingerprint density at radius 2 is 1.87 bits per heavy atom. The van der Waals surface area contributed by atoms with Crippen LogP contribution in [0.2, 0.25) is 0 Å². The second-order valence-corrected chi connectivity index (χ2v) is 8.77. The van der Waals surface area contributed by atoms with E-state index in [0.717, 1.165) is 35.2 Å². The summed E-state index contributed by atoms with van der Waals surface area (Å²) < 4.78 is 0. The molecule has 1 N–H and O–H groups in total. The van der Waals surface area contributed by atoms with Gasteiger partial charge in [-0.2, -0.15) is 0 Å². The molecule has 1 saturated heterocycles. The minimum atomic E-state index is -0.0605. The molecular formula is C25H24N4OS. The lowest BCUT2D eigenvalue weighted by Gasteiger charge is -2.27. The molecule has 4 heterocycles. The highest BCUT2D eigenvalue weighted by Gasteiger charge is 2.25. The molecule has 0 aliphatic carbocycles. The summed E-state index contributed by atoms with van der Waals surface area (Å²) >= 11 is 1.76. The number of carbonyl (C=O) groups is 1. The molecule has 31 heavy (non-hydrogen) atoms. The number of carbonyl (C=O) groups excluding carboxylic acids is 1. The number of hydrogen-bond acceptors (Lipinski definition) is 5. The summed E-state index contributed by atoms with van der Waals surface area (Å²) in [5, 5.41) is 6.20. The molecule has 5 nitrogen and oxygen atoms in total. The molecule has 1 aromatic carbocycles. The van der Waals surface area contributed by atoms with Crippen molar-refractivity contribution in [2.24, 2.45) is 0 Å². The lowest BCUT2D eigenvalue weighted by atomic mass is 10.0. The first kappa shape index (κ1) is 19.8. The lowest BCUT2D eigenvalue weighted by Crippen LogP contribution is -2.36. The van der Waals surface area contributed by atoms with Crippen molar-refractivity contribution >= 4 is 28.1 Å². The molecule has 4 aromatic rings. The molecule has 1 aliphatic heterocycles. The van der Waals surface area contributed by atoms with Gasteiger partial charge in [0.1, 0.15) is 0 Å². The van der Waals surface area contributed by atoms with Gasteiger partial charge in [-0.05, 0) is 61.6 Å². The fourth-order valence-corrected chi connectivity index (χ4v) is 5.12. The van der Waals surface area contributed by atoms with E-state index < -0.39 is 0 Å². The number of para-hydroxylation sites is 1. The number of hydrogen-bond donors (Lipinski definition) is 1. The Labute approximate surface area is 185 Å². The molecule has 156 valence electrons. The second kappa shape index (κ2) is 8.96. The third kappa shape index (κ3) is 4.22. The number of likely N-dealkylation sites (tertiary alicyclic amines) is 1. The van der Waals surface area contributed by atoms with Gasteiger partial charge in [-0.25, -0.2) is 4.98 Å². The molecule has 1 amide bonds. The van der Waals surface area contributed by atoms with Crippen LogP contribution < -0.4 is 5.32 Å². The molecule has 0 bridgehead atoms. The molecule has 0 saturated carbocycles. The predicted molar refractivity (Wildman–Crippen MR) is 125 cm³/mol. The van der Waals surface area contributed by atoms with E-state index in [0.29, 0.717) is 12.1 Å². The fraction of sp³-hybridized carbons (Fsp3) is 0.240. The van der Waals surface area contributed by atoms with Gasteiger partial charge in [-0.1, -0.05) is 24.3 Å². The Bertz CT molecular complexity index is 1170. The number of amides is 1. The number of fused-ring (bicyclic) bond motifs is 1. The van der Waals surface area contributed by atoms with Crippen molar-refractivity contribution in [2.45, 2.75) is 18.9 Å². The molecular weight excluding hydrogens is 404 g/mol. The van der Waals surface area contributed by atoms with Crippen LogP contribution in [0.5, 0.6) is 0 Å². The average molecular weight is 429 g/mol. The molecule has 0 spiro atoms. The Hall–Kier alpha value is -3.09.